The summed E-state index contributed by atoms with van der Waals surface area (Å²) in [7, 11) is 1.75. The van der Waals surface area contributed by atoms with Gasteiger partial charge >= 0.3 is 7.48 Å². The van der Waals surface area contributed by atoms with Crippen LogP contribution >= 0.6 is 0 Å². The van der Waals surface area contributed by atoms with E-state index in [0.29, 0.717) is 0 Å². The number of hydrogen-bond acceptors (Lipinski definition) is 4. The number of hydrogen-bond donors (Lipinski definition) is 3. The van der Waals surface area contributed by atoms with Gasteiger partial charge in [0.25, 0.3) is 0 Å². The SMILES string of the molecule is CC(C)(O)C(C)(C)O[B]c1cc(C2=CNCC=C2)cc(C2=CC=CNC2)c1. The Morgan fingerprint density at radius 2 is 1.85 bits per heavy atom. The molecule has 0 atom stereocenters. The van der Waals surface area contributed by atoms with E-state index in [-0.39, 0.29) is 0 Å². The number of aliphatic hydroxyl groups is 1. The van der Waals surface area contributed by atoms with Gasteiger partial charge in [0.05, 0.1) is 11.2 Å². The third-order valence-corrected chi connectivity index (χ3v) is 5.22. The standard InChI is InChI=1S/C22H28BN2O2/c1-21(2,26)22(3,4)27-23-20-12-18(16-7-5-9-24-14-16)11-19(13-20)17-8-6-10-25-15-17/h5-9,11-13,15,24-26H,10,14H2,1-4H3. The molecule has 3 N–H and O–H groups in total. The van der Waals surface area contributed by atoms with Gasteiger partial charge in [-0.1, -0.05) is 35.8 Å². The second-order valence-corrected chi connectivity index (χ2v) is 7.99. The number of rotatable bonds is 6. The van der Waals surface area contributed by atoms with E-state index < -0.39 is 11.2 Å². The summed E-state index contributed by atoms with van der Waals surface area (Å²) in [6, 6.07) is 6.44. The Balaban J connectivity index is 1.92. The van der Waals surface area contributed by atoms with Crippen molar-refractivity contribution in [2.24, 2.45) is 0 Å². The van der Waals surface area contributed by atoms with Crippen LogP contribution in [-0.4, -0.2) is 36.9 Å². The van der Waals surface area contributed by atoms with Crippen molar-refractivity contribution in [3.05, 3.63) is 66.0 Å². The molecule has 1 radical (unpaired) electrons. The summed E-state index contributed by atoms with van der Waals surface area (Å²) in [5, 5.41) is 16.9. The van der Waals surface area contributed by atoms with Gasteiger partial charge in [-0.25, -0.2) is 0 Å². The fourth-order valence-corrected chi connectivity index (χ4v) is 2.74. The number of dihydropyridines is 2. The Morgan fingerprint density at radius 1 is 1.07 bits per heavy atom. The predicted octanol–water partition coefficient (Wildman–Crippen LogP) is 2.50. The zero-order valence-corrected chi connectivity index (χ0v) is 16.5. The Labute approximate surface area is 163 Å². The number of benzene rings is 1. The molecule has 0 fully saturated rings. The summed E-state index contributed by atoms with van der Waals surface area (Å²) in [4.78, 5) is 0. The van der Waals surface area contributed by atoms with Crippen LogP contribution in [0.1, 0.15) is 38.8 Å². The Bertz CT molecular complexity index is 814. The molecule has 0 amide bonds. The van der Waals surface area contributed by atoms with Crippen LogP contribution in [0.5, 0.6) is 0 Å². The van der Waals surface area contributed by atoms with Gasteiger partial charge in [0.2, 0.25) is 0 Å². The van der Waals surface area contributed by atoms with Gasteiger partial charge in [0, 0.05) is 19.3 Å². The zero-order valence-electron chi connectivity index (χ0n) is 16.5. The van der Waals surface area contributed by atoms with Gasteiger partial charge < -0.3 is 20.4 Å². The van der Waals surface area contributed by atoms with Crippen LogP contribution in [0, 0.1) is 0 Å². The van der Waals surface area contributed by atoms with Crippen LogP contribution in [0.4, 0.5) is 0 Å². The van der Waals surface area contributed by atoms with Crippen LogP contribution in [0.15, 0.2) is 54.9 Å². The van der Waals surface area contributed by atoms with Gasteiger partial charge in [-0.05, 0) is 68.3 Å². The van der Waals surface area contributed by atoms with E-state index >= 15 is 0 Å². The molecule has 2 aliphatic heterocycles. The van der Waals surface area contributed by atoms with Crippen molar-refractivity contribution in [2.75, 3.05) is 13.1 Å². The minimum Gasteiger partial charge on any atom is -0.427 e. The first kappa shape index (κ1) is 19.5. The smallest absolute Gasteiger partial charge is 0.330 e. The van der Waals surface area contributed by atoms with Crippen LogP contribution in [0.3, 0.4) is 0 Å². The first-order valence-corrected chi connectivity index (χ1v) is 9.35. The molecule has 1 aromatic carbocycles. The second-order valence-electron chi connectivity index (χ2n) is 7.99. The van der Waals surface area contributed by atoms with Crippen molar-refractivity contribution in [3.63, 3.8) is 0 Å². The lowest BCUT2D eigenvalue weighted by molar-refractivity contribution is -0.0893. The maximum atomic E-state index is 10.3. The average Bonchev–Trinajstić information content (AvgIpc) is 2.67. The number of nitrogens with one attached hydrogen (secondary N) is 2. The van der Waals surface area contributed by atoms with E-state index in [1.54, 1.807) is 21.3 Å². The molecule has 27 heavy (non-hydrogen) atoms. The molecule has 0 aliphatic carbocycles. The Kier molecular flexibility index (Phi) is 5.63. The Hall–Kier alpha value is -2.24. The maximum Gasteiger partial charge on any atom is 0.330 e. The monoisotopic (exact) mass is 363 g/mol. The molecule has 0 saturated carbocycles. The molecule has 141 valence electrons. The maximum absolute atomic E-state index is 10.3. The molecule has 4 nitrogen and oxygen atoms in total. The van der Waals surface area contributed by atoms with Crippen LogP contribution in [0.25, 0.3) is 11.1 Å². The van der Waals surface area contributed by atoms with Gasteiger partial charge in [-0.15, -0.1) is 0 Å². The largest absolute Gasteiger partial charge is 0.427 e. The van der Waals surface area contributed by atoms with Crippen molar-refractivity contribution in [2.45, 2.75) is 38.9 Å². The first-order valence-electron chi connectivity index (χ1n) is 9.35. The molecule has 3 rings (SSSR count). The minimum absolute atomic E-state index is 0.705. The molecule has 5 heteroatoms. The third kappa shape index (κ3) is 4.73. The van der Waals surface area contributed by atoms with Gasteiger partial charge in [0.15, 0.2) is 0 Å². The summed E-state index contributed by atoms with van der Waals surface area (Å²) in [5.41, 5.74) is 3.95. The fraction of sp³-hybridized carbons (Fsp3) is 0.364. The summed E-state index contributed by atoms with van der Waals surface area (Å²) in [5.74, 6) is 0. The van der Waals surface area contributed by atoms with E-state index in [0.717, 1.165) is 35.3 Å². The summed E-state index contributed by atoms with van der Waals surface area (Å²) in [6.07, 6.45) is 12.4. The van der Waals surface area contributed by atoms with E-state index in [4.69, 9.17) is 4.65 Å². The normalized spacial score (nSPS) is 16.9. The second kappa shape index (κ2) is 7.79. The summed E-state index contributed by atoms with van der Waals surface area (Å²) >= 11 is 0. The number of allylic oxidation sites excluding steroid dienone is 4. The molecule has 2 heterocycles. The van der Waals surface area contributed by atoms with Crippen LogP contribution in [0.2, 0.25) is 0 Å². The molecule has 0 saturated heterocycles. The molecule has 0 aromatic heterocycles. The molecular formula is C22H28BN2O2. The highest BCUT2D eigenvalue weighted by Gasteiger charge is 2.35. The highest BCUT2D eigenvalue weighted by molar-refractivity contribution is 6.47. The molecule has 2 aliphatic rings. The molecule has 0 bridgehead atoms. The van der Waals surface area contributed by atoms with Crippen molar-refractivity contribution in [1.82, 2.24) is 10.6 Å². The van der Waals surface area contributed by atoms with E-state index in [1.165, 1.54) is 5.57 Å². The van der Waals surface area contributed by atoms with Crippen LogP contribution < -0.4 is 16.1 Å². The molecule has 0 unspecified atom stereocenters. The third-order valence-electron chi connectivity index (χ3n) is 5.22. The molecule has 1 aromatic rings. The zero-order chi connectivity index (χ0) is 19.5. The van der Waals surface area contributed by atoms with Crippen molar-refractivity contribution in [1.29, 1.82) is 0 Å². The van der Waals surface area contributed by atoms with E-state index in [9.17, 15) is 5.11 Å². The fourth-order valence-electron chi connectivity index (χ4n) is 2.74. The van der Waals surface area contributed by atoms with Crippen molar-refractivity contribution in [3.8, 4) is 0 Å². The highest BCUT2D eigenvalue weighted by Crippen LogP contribution is 2.25. The lowest BCUT2D eigenvalue weighted by atomic mass is 9.80. The minimum atomic E-state index is -0.955. The lowest BCUT2D eigenvalue weighted by Crippen LogP contribution is -2.49. The van der Waals surface area contributed by atoms with Crippen LogP contribution in [-0.2, 0) is 4.65 Å². The molecule has 0 spiro atoms. The Morgan fingerprint density at radius 3 is 2.48 bits per heavy atom. The van der Waals surface area contributed by atoms with Crippen molar-refractivity contribution < 1.29 is 9.76 Å². The first-order chi connectivity index (χ1) is 12.8. The topological polar surface area (TPSA) is 53.5 Å². The summed E-state index contributed by atoms with van der Waals surface area (Å²) in [6.45, 7) is 8.95. The lowest BCUT2D eigenvalue weighted by Gasteiger charge is -2.37. The van der Waals surface area contributed by atoms with Gasteiger partial charge in [0.1, 0.15) is 0 Å². The van der Waals surface area contributed by atoms with Crippen molar-refractivity contribution >= 4 is 24.1 Å². The quantitative estimate of drug-likeness (QED) is 0.680. The van der Waals surface area contributed by atoms with E-state index in [2.05, 4.69) is 47.1 Å². The molecular weight excluding hydrogens is 335 g/mol. The summed E-state index contributed by atoms with van der Waals surface area (Å²) < 4.78 is 5.99. The highest BCUT2D eigenvalue weighted by atomic mass is 16.5. The average molecular weight is 363 g/mol. The van der Waals surface area contributed by atoms with Gasteiger partial charge in [-0.2, -0.15) is 0 Å². The van der Waals surface area contributed by atoms with Gasteiger partial charge in [-0.3, -0.25) is 0 Å². The van der Waals surface area contributed by atoms with E-state index in [1.807, 2.05) is 32.3 Å². The predicted molar refractivity (Wildman–Crippen MR) is 114 cm³/mol.